The second-order valence-electron chi connectivity index (χ2n) is 7.17. The van der Waals surface area contributed by atoms with Crippen molar-refractivity contribution in [1.82, 2.24) is 19.3 Å². The van der Waals surface area contributed by atoms with Crippen LogP contribution in [0, 0.1) is 5.82 Å². The van der Waals surface area contributed by atoms with E-state index in [-0.39, 0.29) is 17.6 Å². The number of sulfonamides is 1. The molecule has 9 nitrogen and oxygen atoms in total. The molecule has 1 atom stereocenters. The Labute approximate surface area is 180 Å². The van der Waals surface area contributed by atoms with E-state index in [9.17, 15) is 17.6 Å². The fraction of sp³-hybridized carbons (Fsp3) is 0.263. The van der Waals surface area contributed by atoms with E-state index in [4.69, 9.17) is 4.42 Å². The van der Waals surface area contributed by atoms with Crippen LogP contribution in [0.25, 0.3) is 11.1 Å². The average molecular weight is 464 g/mol. The summed E-state index contributed by atoms with van der Waals surface area (Å²) in [6.45, 7) is 1.77. The van der Waals surface area contributed by atoms with Crippen LogP contribution < -0.4 is 20.5 Å². The SMILES string of the molecule is O=c1oc2cc(S(=O)(=O)NC3N=CNS3)c(F)cc2n1Cc1cccc2c1CNCC2. The minimum Gasteiger partial charge on any atom is -0.408 e. The lowest BCUT2D eigenvalue weighted by molar-refractivity contribution is 0.514. The normalized spacial score (nSPS) is 18.3. The Balaban J connectivity index is 1.53. The van der Waals surface area contributed by atoms with Gasteiger partial charge < -0.3 is 14.5 Å². The minimum absolute atomic E-state index is 0.00426. The lowest BCUT2D eigenvalue weighted by Crippen LogP contribution is -2.31. The summed E-state index contributed by atoms with van der Waals surface area (Å²) < 4.78 is 51.6. The van der Waals surface area contributed by atoms with Gasteiger partial charge in [0.25, 0.3) is 0 Å². The van der Waals surface area contributed by atoms with Crippen LogP contribution in [0.2, 0.25) is 0 Å². The maximum atomic E-state index is 14.8. The predicted molar refractivity (Wildman–Crippen MR) is 115 cm³/mol. The van der Waals surface area contributed by atoms with Crippen LogP contribution in [0.3, 0.4) is 0 Å². The molecule has 0 spiro atoms. The van der Waals surface area contributed by atoms with Gasteiger partial charge in [-0.3, -0.25) is 4.57 Å². The third-order valence-corrected chi connectivity index (χ3v) is 7.56. The molecular weight excluding hydrogens is 445 g/mol. The van der Waals surface area contributed by atoms with Crippen molar-refractivity contribution in [3.8, 4) is 0 Å². The summed E-state index contributed by atoms with van der Waals surface area (Å²) in [5.41, 5.74) is 2.63. The first-order valence-corrected chi connectivity index (χ1v) is 11.9. The molecule has 2 aliphatic rings. The van der Waals surface area contributed by atoms with Crippen molar-refractivity contribution in [2.45, 2.75) is 29.9 Å². The zero-order chi connectivity index (χ0) is 21.6. The number of rotatable bonds is 5. The first-order valence-electron chi connectivity index (χ1n) is 9.51. The Hall–Kier alpha value is -2.67. The van der Waals surface area contributed by atoms with Crippen LogP contribution >= 0.6 is 11.9 Å². The monoisotopic (exact) mass is 463 g/mol. The van der Waals surface area contributed by atoms with Crippen LogP contribution in [0.1, 0.15) is 16.7 Å². The first-order chi connectivity index (χ1) is 14.9. The van der Waals surface area contributed by atoms with Crippen molar-refractivity contribution < 1.29 is 17.2 Å². The molecule has 3 N–H and O–H groups in total. The molecule has 12 heteroatoms. The first kappa shape index (κ1) is 20.2. The van der Waals surface area contributed by atoms with Gasteiger partial charge in [-0.05, 0) is 41.6 Å². The zero-order valence-electron chi connectivity index (χ0n) is 16.1. The van der Waals surface area contributed by atoms with Crippen molar-refractivity contribution >= 4 is 39.4 Å². The van der Waals surface area contributed by atoms with E-state index < -0.39 is 32.0 Å². The van der Waals surface area contributed by atoms with Crippen LogP contribution in [0.15, 0.2) is 49.4 Å². The highest BCUT2D eigenvalue weighted by Gasteiger charge is 2.27. The molecule has 0 bridgehead atoms. The Morgan fingerprint density at radius 1 is 1.35 bits per heavy atom. The molecule has 0 aliphatic carbocycles. The molecule has 0 radical (unpaired) electrons. The maximum absolute atomic E-state index is 14.8. The number of oxazole rings is 1. The maximum Gasteiger partial charge on any atom is 0.420 e. The number of aromatic nitrogens is 1. The second kappa shape index (κ2) is 7.79. The topological polar surface area (TPSA) is 118 Å². The number of hydrogen-bond donors (Lipinski definition) is 3. The minimum atomic E-state index is -4.22. The lowest BCUT2D eigenvalue weighted by atomic mass is 9.96. The molecule has 3 heterocycles. The van der Waals surface area contributed by atoms with Crippen LogP contribution in [-0.2, 0) is 29.5 Å². The van der Waals surface area contributed by atoms with E-state index in [1.165, 1.54) is 16.5 Å². The van der Waals surface area contributed by atoms with E-state index in [2.05, 4.69) is 25.8 Å². The van der Waals surface area contributed by atoms with Gasteiger partial charge in [0, 0.05) is 18.7 Å². The predicted octanol–water partition coefficient (Wildman–Crippen LogP) is 1.27. The summed E-state index contributed by atoms with van der Waals surface area (Å²) in [6.07, 6.45) is 2.24. The van der Waals surface area contributed by atoms with Gasteiger partial charge >= 0.3 is 5.76 Å². The van der Waals surface area contributed by atoms with E-state index >= 15 is 0 Å². The fourth-order valence-corrected chi connectivity index (χ4v) is 5.77. The summed E-state index contributed by atoms with van der Waals surface area (Å²) >= 11 is 1.02. The molecule has 31 heavy (non-hydrogen) atoms. The summed E-state index contributed by atoms with van der Waals surface area (Å²) in [7, 11) is -4.22. The molecule has 0 fully saturated rings. The highest BCUT2D eigenvalue weighted by Crippen LogP contribution is 2.25. The second-order valence-corrected chi connectivity index (χ2v) is 9.77. The summed E-state index contributed by atoms with van der Waals surface area (Å²) in [6, 6.07) is 7.96. The molecular formula is C19H18FN5O4S2. The van der Waals surface area contributed by atoms with Crippen molar-refractivity contribution in [3.05, 3.63) is 63.4 Å². The average Bonchev–Trinajstić information content (AvgIpc) is 3.35. The molecule has 162 valence electrons. The number of nitrogens with one attached hydrogen (secondary N) is 3. The standard InChI is InChI=1S/C19H18FN5O4S2/c20-14-6-15-16(7-17(14)31(27,28)24-18-22-10-23-30-18)29-19(26)25(15)9-12-3-1-2-11-4-5-21-8-13(11)12/h1-3,6-7,10,18,21,24H,4-5,8-9H2,(H,22,23). The van der Waals surface area contributed by atoms with Gasteiger partial charge in [-0.2, -0.15) is 4.72 Å². The number of aliphatic imine (C=N–C) groups is 1. The molecule has 3 aromatic rings. The van der Waals surface area contributed by atoms with Crippen LogP contribution in [0.4, 0.5) is 4.39 Å². The van der Waals surface area contributed by atoms with Gasteiger partial charge in [0.15, 0.2) is 11.1 Å². The lowest BCUT2D eigenvalue weighted by Gasteiger charge is -2.20. The van der Waals surface area contributed by atoms with Crippen molar-refractivity contribution in [2.75, 3.05) is 6.54 Å². The molecule has 0 saturated carbocycles. The van der Waals surface area contributed by atoms with Gasteiger partial charge in [0.05, 0.1) is 18.4 Å². The number of nitrogens with zero attached hydrogens (tertiary/aromatic N) is 2. The molecule has 2 aliphatic heterocycles. The molecule has 0 amide bonds. The van der Waals surface area contributed by atoms with Gasteiger partial charge in [-0.1, -0.05) is 18.2 Å². The molecule has 1 aromatic heterocycles. The third-order valence-electron chi connectivity index (χ3n) is 5.28. The van der Waals surface area contributed by atoms with Crippen LogP contribution in [0.5, 0.6) is 0 Å². The van der Waals surface area contributed by atoms with Gasteiger partial charge in [-0.25, -0.2) is 22.6 Å². The quantitative estimate of drug-likeness (QED) is 0.488. The Bertz CT molecular complexity index is 1370. The number of benzene rings is 2. The smallest absolute Gasteiger partial charge is 0.408 e. The van der Waals surface area contributed by atoms with E-state index in [0.717, 1.165) is 48.2 Å². The summed E-state index contributed by atoms with van der Waals surface area (Å²) in [5, 5.41) is 3.31. The largest absolute Gasteiger partial charge is 0.420 e. The molecule has 2 aromatic carbocycles. The molecule has 0 saturated heterocycles. The highest BCUT2D eigenvalue weighted by molar-refractivity contribution is 7.99. The van der Waals surface area contributed by atoms with Gasteiger partial charge in [0.2, 0.25) is 10.0 Å². The Morgan fingerprint density at radius 2 is 2.23 bits per heavy atom. The summed E-state index contributed by atoms with van der Waals surface area (Å²) in [4.78, 5) is 15.8. The van der Waals surface area contributed by atoms with Crippen molar-refractivity contribution in [1.29, 1.82) is 0 Å². The van der Waals surface area contributed by atoms with Crippen molar-refractivity contribution in [2.24, 2.45) is 4.99 Å². The van der Waals surface area contributed by atoms with Gasteiger partial charge in [0.1, 0.15) is 10.7 Å². The van der Waals surface area contributed by atoms with Crippen LogP contribution in [-0.4, -0.2) is 31.4 Å². The summed E-state index contributed by atoms with van der Waals surface area (Å²) in [5.74, 6) is -1.66. The highest BCUT2D eigenvalue weighted by atomic mass is 32.2. The molecule has 1 unspecified atom stereocenters. The number of fused-ring (bicyclic) bond motifs is 2. The van der Waals surface area contributed by atoms with Gasteiger partial charge in [-0.15, -0.1) is 0 Å². The Kier molecular flexibility index (Phi) is 5.08. The fourth-order valence-electron chi connectivity index (χ4n) is 3.80. The third kappa shape index (κ3) is 3.76. The Morgan fingerprint density at radius 3 is 3.03 bits per heavy atom. The number of halogens is 1. The van der Waals surface area contributed by atoms with E-state index in [1.807, 2.05) is 12.1 Å². The van der Waals surface area contributed by atoms with E-state index in [1.54, 1.807) is 0 Å². The zero-order valence-corrected chi connectivity index (χ0v) is 17.7. The number of hydrogen-bond acceptors (Lipinski definition) is 8. The molecule has 5 rings (SSSR count). The van der Waals surface area contributed by atoms with Crippen molar-refractivity contribution in [3.63, 3.8) is 0 Å². The van der Waals surface area contributed by atoms with E-state index in [0.29, 0.717) is 6.54 Å².